The summed E-state index contributed by atoms with van der Waals surface area (Å²) in [5.41, 5.74) is 6.67. The number of amides is 2. The van der Waals surface area contributed by atoms with Crippen molar-refractivity contribution in [1.29, 1.82) is 0 Å². The molecule has 0 aliphatic carbocycles. The van der Waals surface area contributed by atoms with Crippen molar-refractivity contribution >= 4 is 23.4 Å². The molecule has 0 spiro atoms. The van der Waals surface area contributed by atoms with E-state index in [2.05, 4.69) is 36.5 Å². The van der Waals surface area contributed by atoms with Crippen LogP contribution >= 0.6 is 11.6 Å². The minimum Gasteiger partial charge on any atom is -0.496 e. The minimum absolute atomic E-state index is 0.274. The van der Waals surface area contributed by atoms with E-state index in [4.69, 9.17) is 16.3 Å². The monoisotopic (exact) mass is 403 g/mol. The highest BCUT2D eigenvalue weighted by molar-refractivity contribution is 6.30. The second kappa shape index (κ2) is 10.1. The number of hydrazine groups is 1. The average molecular weight is 404 g/mol. The van der Waals surface area contributed by atoms with Crippen LogP contribution in [0.1, 0.15) is 47.1 Å². The van der Waals surface area contributed by atoms with E-state index in [1.165, 1.54) is 19.2 Å². The molecule has 7 heteroatoms. The molecule has 2 N–H and O–H groups in total. The Kier molecular flexibility index (Phi) is 7.84. The molecule has 0 saturated heterocycles. The van der Waals surface area contributed by atoms with E-state index in [1.54, 1.807) is 18.2 Å². The van der Waals surface area contributed by atoms with Gasteiger partial charge in [0, 0.05) is 23.2 Å². The van der Waals surface area contributed by atoms with Crippen LogP contribution in [0.15, 0.2) is 42.5 Å². The lowest BCUT2D eigenvalue weighted by Gasteiger charge is -2.24. The van der Waals surface area contributed by atoms with Crippen LogP contribution in [0, 0.1) is 0 Å². The number of nitrogens with zero attached hydrogens (tertiary/aromatic N) is 1. The van der Waals surface area contributed by atoms with Gasteiger partial charge in [-0.05, 0) is 56.3 Å². The average Bonchev–Trinajstić information content (AvgIpc) is 2.69. The highest BCUT2D eigenvalue weighted by atomic mass is 35.5. The number of halogens is 1. The summed E-state index contributed by atoms with van der Waals surface area (Å²) >= 11 is 5.89. The van der Waals surface area contributed by atoms with Gasteiger partial charge in [0.2, 0.25) is 0 Å². The number of nitrogens with one attached hydrogen (secondary N) is 2. The molecular formula is C21H26ClN3O3. The normalized spacial score (nSPS) is 10.8. The molecule has 0 aliphatic heterocycles. The summed E-state index contributed by atoms with van der Waals surface area (Å²) in [6.07, 6.45) is 0. The molecule has 0 aromatic heterocycles. The van der Waals surface area contributed by atoms with E-state index in [-0.39, 0.29) is 5.56 Å². The van der Waals surface area contributed by atoms with Crippen LogP contribution in [0.4, 0.5) is 0 Å². The van der Waals surface area contributed by atoms with Crippen molar-refractivity contribution in [1.82, 2.24) is 15.8 Å². The van der Waals surface area contributed by atoms with E-state index in [0.717, 1.165) is 18.7 Å². The van der Waals surface area contributed by atoms with Crippen LogP contribution < -0.4 is 15.6 Å². The van der Waals surface area contributed by atoms with Crippen molar-refractivity contribution in [3.63, 3.8) is 0 Å². The third-order valence-electron chi connectivity index (χ3n) is 4.44. The van der Waals surface area contributed by atoms with Gasteiger partial charge in [-0.25, -0.2) is 0 Å². The van der Waals surface area contributed by atoms with Crippen molar-refractivity contribution in [3.8, 4) is 5.75 Å². The highest BCUT2D eigenvalue weighted by Gasteiger charge is 2.14. The molecule has 2 aromatic carbocycles. The molecule has 2 amide bonds. The number of carbonyl (C=O) groups excluding carboxylic acids is 2. The second-order valence-corrected chi connectivity index (χ2v) is 7.04. The summed E-state index contributed by atoms with van der Waals surface area (Å²) in [4.78, 5) is 26.9. The fourth-order valence-corrected chi connectivity index (χ4v) is 2.92. The Labute approximate surface area is 170 Å². The first-order valence-electron chi connectivity index (χ1n) is 9.13. The Morgan fingerprint density at radius 1 is 1.07 bits per heavy atom. The SMILES string of the molecule is CCN(Cc1ccc(C(=O)NNC(=O)c2ccc(Cl)cc2OC)cc1)C(C)C. The first-order valence-corrected chi connectivity index (χ1v) is 9.50. The van der Waals surface area contributed by atoms with E-state index < -0.39 is 11.8 Å². The van der Waals surface area contributed by atoms with Crippen molar-refractivity contribution in [2.24, 2.45) is 0 Å². The molecule has 150 valence electrons. The van der Waals surface area contributed by atoms with Gasteiger partial charge in [-0.3, -0.25) is 25.3 Å². The van der Waals surface area contributed by atoms with Gasteiger partial charge in [-0.15, -0.1) is 0 Å². The van der Waals surface area contributed by atoms with Crippen molar-refractivity contribution in [2.45, 2.75) is 33.4 Å². The Morgan fingerprint density at radius 2 is 1.71 bits per heavy atom. The summed E-state index contributed by atoms with van der Waals surface area (Å²) in [5, 5.41) is 0.455. The summed E-state index contributed by atoms with van der Waals surface area (Å²) in [7, 11) is 1.45. The first-order chi connectivity index (χ1) is 13.3. The van der Waals surface area contributed by atoms with Gasteiger partial charge in [0.1, 0.15) is 5.75 Å². The molecule has 0 saturated carbocycles. The molecule has 2 rings (SSSR count). The Hall–Kier alpha value is -2.57. The summed E-state index contributed by atoms with van der Waals surface area (Å²) < 4.78 is 5.15. The number of methoxy groups -OCH3 is 1. The fourth-order valence-electron chi connectivity index (χ4n) is 2.76. The topological polar surface area (TPSA) is 70.7 Å². The molecular weight excluding hydrogens is 378 g/mol. The lowest BCUT2D eigenvalue weighted by atomic mass is 10.1. The highest BCUT2D eigenvalue weighted by Crippen LogP contribution is 2.22. The van der Waals surface area contributed by atoms with E-state index >= 15 is 0 Å². The van der Waals surface area contributed by atoms with Crippen LogP contribution in [0.3, 0.4) is 0 Å². The first kappa shape index (κ1) is 21.7. The van der Waals surface area contributed by atoms with E-state index in [9.17, 15) is 9.59 Å². The van der Waals surface area contributed by atoms with Gasteiger partial charge in [-0.1, -0.05) is 30.7 Å². The molecule has 0 fully saturated rings. The molecule has 0 atom stereocenters. The number of hydrogen-bond acceptors (Lipinski definition) is 4. The van der Waals surface area contributed by atoms with Gasteiger partial charge in [-0.2, -0.15) is 0 Å². The Morgan fingerprint density at radius 3 is 2.29 bits per heavy atom. The predicted octanol–water partition coefficient (Wildman–Crippen LogP) is 3.65. The van der Waals surface area contributed by atoms with Gasteiger partial charge in [0.15, 0.2) is 0 Å². The van der Waals surface area contributed by atoms with Gasteiger partial charge >= 0.3 is 0 Å². The molecule has 0 bridgehead atoms. The van der Waals surface area contributed by atoms with E-state index in [1.807, 2.05) is 12.1 Å². The molecule has 0 aliphatic rings. The van der Waals surface area contributed by atoms with Crippen LogP contribution in [0.5, 0.6) is 5.75 Å². The number of rotatable bonds is 7. The Bertz CT molecular complexity index is 822. The summed E-state index contributed by atoms with van der Waals surface area (Å²) in [5.74, 6) is -0.563. The number of benzene rings is 2. The van der Waals surface area contributed by atoms with Gasteiger partial charge < -0.3 is 4.74 Å². The van der Waals surface area contributed by atoms with E-state index in [0.29, 0.717) is 22.4 Å². The van der Waals surface area contributed by atoms with Crippen LogP contribution in [-0.2, 0) is 6.54 Å². The van der Waals surface area contributed by atoms with Crippen LogP contribution in [0.25, 0.3) is 0 Å². The maximum atomic E-state index is 12.3. The third kappa shape index (κ3) is 5.71. The summed E-state index contributed by atoms with van der Waals surface area (Å²) in [6.45, 7) is 8.22. The zero-order valence-electron chi connectivity index (χ0n) is 16.6. The van der Waals surface area contributed by atoms with Gasteiger partial charge in [0.05, 0.1) is 12.7 Å². The molecule has 2 aromatic rings. The van der Waals surface area contributed by atoms with Crippen molar-refractivity contribution < 1.29 is 14.3 Å². The maximum absolute atomic E-state index is 12.3. The zero-order valence-corrected chi connectivity index (χ0v) is 17.3. The lowest BCUT2D eigenvalue weighted by molar-refractivity contribution is 0.0845. The Balaban J connectivity index is 1.97. The quantitative estimate of drug-likeness (QED) is 0.692. The molecule has 0 radical (unpaired) electrons. The predicted molar refractivity (Wildman–Crippen MR) is 111 cm³/mol. The lowest BCUT2D eigenvalue weighted by Crippen LogP contribution is -2.41. The molecule has 28 heavy (non-hydrogen) atoms. The number of ether oxygens (including phenoxy) is 1. The minimum atomic E-state index is -0.492. The largest absolute Gasteiger partial charge is 0.496 e. The maximum Gasteiger partial charge on any atom is 0.273 e. The van der Waals surface area contributed by atoms with Crippen LogP contribution in [-0.4, -0.2) is 36.4 Å². The summed E-state index contributed by atoms with van der Waals surface area (Å²) in [6, 6.07) is 12.4. The zero-order chi connectivity index (χ0) is 20.7. The molecule has 0 unspecified atom stereocenters. The fraction of sp³-hybridized carbons (Fsp3) is 0.333. The molecule has 0 heterocycles. The van der Waals surface area contributed by atoms with Gasteiger partial charge in [0.25, 0.3) is 11.8 Å². The second-order valence-electron chi connectivity index (χ2n) is 6.61. The standard InChI is InChI=1S/C21H26ClN3O3/c1-5-25(14(2)3)13-15-6-8-16(9-7-15)20(26)23-24-21(27)18-11-10-17(22)12-19(18)28-4/h6-12,14H,5,13H2,1-4H3,(H,23,26)(H,24,27). The van der Waals surface area contributed by atoms with Crippen LogP contribution in [0.2, 0.25) is 5.02 Å². The van der Waals surface area contributed by atoms with Crippen molar-refractivity contribution in [2.75, 3.05) is 13.7 Å². The molecule has 6 nitrogen and oxygen atoms in total. The number of carbonyl (C=O) groups is 2. The third-order valence-corrected chi connectivity index (χ3v) is 4.67. The van der Waals surface area contributed by atoms with Crippen molar-refractivity contribution in [3.05, 3.63) is 64.2 Å². The number of hydrogen-bond donors (Lipinski definition) is 2. The smallest absolute Gasteiger partial charge is 0.273 e.